The van der Waals surface area contributed by atoms with E-state index in [-0.39, 0.29) is 0 Å². The first kappa shape index (κ1) is 9.08. The number of hydrogen-bond acceptors (Lipinski definition) is 5. The van der Waals surface area contributed by atoms with Crippen molar-refractivity contribution in [3.63, 3.8) is 0 Å². The van der Waals surface area contributed by atoms with Crippen LogP contribution in [0, 0.1) is 6.92 Å². The number of thiazole rings is 1. The van der Waals surface area contributed by atoms with Gasteiger partial charge in [-0.2, -0.15) is 0 Å². The second-order valence-electron chi connectivity index (χ2n) is 2.79. The maximum atomic E-state index is 4.17. The average molecular weight is 206 g/mol. The van der Waals surface area contributed by atoms with Crippen LogP contribution in [0.5, 0.6) is 0 Å². The molecule has 0 spiro atoms. The molecule has 0 fully saturated rings. The zero-order valence-electron chi connectivity index (χ0n) is 7.77. The molecule has 0 amide bonds. The lowest BCUT2D eigenvalue weighted by Crippen LogP contribution is -1.99. The predicted molar refractivity (Wildman–Crippen MR) is 56.2 cm³/mol. The van der Waals surface area contributed by atoms with Crippen molar-refractivity contribution in [3.05, 3.63) is 34.7 Å². The van der Waals surface area contributed by atoms with Crippen molar-refractivity contribution in [3.8, 4) is 0 Å². The minimum atomic E-state index is 0.766. The summed E-state index contributed by atoms with van der Waals surface area (Å²) in [6, 6.07) is 1.84. The van der Waals surface area contributed by atoms with Crippen molar-refractivity contribution < 1.29 is 0 Å². The Labute approximate surface area is 86.1 Å². The highest BCUT2D eigenvalue weighted by Crippen LogP contribution is 2.12. The molecule has 0 saturated carbocycles. The molecular weight excluding hydrogens is 196 g/mol. The molecule has 2 aromatic heterocycles. The summed E-state index contributed by atoms with van der Waals surface area (Å²) in [7, 11) is 0. The minimum Gasteiger partial charge on any atom is -0.365 e. The van der Waals surface area contributed by atoms with Crippen molar-refractivity contribution in [1.82, 2.24) is 15.0 Å². The van der Waals surface area contributed by atoms with Gasteiger partial charge in [0.25, 0.3) is 0 Å². The zero-order chi connectivity index (χ0) is 9.80. The van der Waals surface area contributed by atoms with Crippen LogP contribution in [-0.4, -0.2) is 15.0 Å². The molecule has 1 N–H and O–H groups in total. The van der Waals surface area contributed by atoms with Crippen LogP contribution in [0.15, 0.2) is 24.8 Å². The van der Waals surface area contributed by atoms with Crippen LogP contribution < -0.4 is 5.32 Å². The van der Waals surface area contributed by atoms with E-state index < -0.39 is 0 Å². The fourth-order valence-electron chi connectivity index (χ4n) is 1.06. The van der Waals surface area contributed by atoms with Gasteiger partial charge in [0, 0.05) is 17.3 Å². The molecule has 4 nitrogen and oxygen atoms in total. The van der Waals surface area contributed by atoms with E-state index in [2.05, 4.69) is 20.3 Å². The Morgan fingerprint density at radius 3 is 3.00 bits per heavy atom. The van der Waals surface area contributed by atoms with Gasteiger partial charge in [-0.15, -0.1) is 11.3 Å². The molecule has 0 aliphatic heterocycles. The van der Waals surface area contributed by atoms with Crippen molar-refractivity contribution >= 4 is 17.2 Å². The van der Waals surface area contributed by atoms with Gasteiger partial charge >= 0.3 is 0 Å². The summed E-state index contributed by atoms with van der Waals surface area (Å²) in [5.41, 5.74) is 0. The smallest absolute Gasteiger partial charge is 0.129 e. The number of nitrogens with one attached hydrogen (secondary N) is 1. The lowest BCUT2D eigenvalue weighted by Gasteiger charge is -2.01. The van der Waals surface area contributed by atoms with Crippen molar-refractivity contribution in [2.24, 2.45) is 0 Å². The van der Waals surface area contributed by atoms with Gasteiger partial charge in [-0.05, 0) is 13.0 Å². The first-order valence-corrected chi connectivity index (χ1v) is 5.07. The summed E-state index contributed by atoms with van der Waals surface area (Å²) in [5, 5.41) is 4.28. The largest absolute Gasteiger partial charge is 0.365 e. The highest BCUT2D eigenvalue weighted by Gasteiger charge is 1.97. The minimum absolute atomic E-state index is 0.766. The molecule has 0 atom stereocenters. The molecule has 72 valence electrons. The quantitative estimate of drug-likeness (QED) is 0.832. The fraction of sp³-hybridized carbons (Fsp3) is 0.222. The predicted octanol–water partition coefficient (Wildman–Crippen LogP) is 1.85. The van der Waals surface area contributed by atoms with Gasteiger partial charge < -0.3 is 5.32 Å². The maximum absolute atomic E-state index is 4.17. The third-order valence-electron chi connectivity index (χ3n) is 1.69. The summed E-state index contributed by atoms with van der Waals surface area (Å²) in [6.07, 6.45) is 5.13. The second kappa shape index (κ2) is 4.15. The van der Waals surface area contributed by atoms with E-state index in [4.69, 9.17) is 0 Å². The van der Waals surface area contributed by atoms with E-state index in [0.29, 0.717) is 0 Å². The summed E-state index contributed by atoms with van der Waals surface area (Å²) >= 11 is 1.69. The Bertz CT molecular complexity index is 398. The average Bonchev–Trinajstić information content (AvgIpc) is 2.63. The number of nitrogens with zero attached hydrogens (tertiary/aromatic N) is 3. The third-order valence-corrected chi connectivity index (χ3v) is 2.61. The van der Waals surface area contributed by atoms with E-state index in [1.165, 1.54) is 11.2 Å². The van der Waals surface area contributed by atoms with Gasteiger partial charge in [0.1, 0.15) is 12.1 Å². The molecule has 2 aromatic rings. The fourth-order valence-corrected chi connectivity index (χ4v) is 1.79. The number of aryl methyl sites for hydroxylation is 1. The Morgan fingerprint density at radius 1 is 1.43 bits per heavy atom. The first-order valence-electron chi connectivity index (χ1n) is 4.26. The highest BCUT2D eigenvalue weighted by molar-refractivity contribution is 7.11. The van der Waals surface area contributed by atoms with Gasteiger partial charge in [0.15, 0.2) is 0 Å². The van der Waals surface area contributed by atoms with E-state index in [1.54, 1.807) is 17.5 Å². The molecule has 0 bridgehead atoms. The standard InChI is InChI=1S/C9H10N4S/c1-7-11-4-8(14-7)5-12-9-2-3-10-6-13-9/h2-4,6H,5H2,1H3,(H,10,12,13). The van der Waals surface area contributed by atoms with Gasteiger partial charge in [0.05, 0.1) is 11.6 Å². The van der Waals surface area contributed by atoms with Crippen LogP contribution in [-0.2, 0) is 6.54 Å². The normalized spacial score (nSPS) is 10.1. The molecule has 0 aliphatic rings. The molecule has 14 heavy (non-hydrogen) atoms. The van der Waals surface area contributed by atoms with Gasteiger partial charge in [-0.3, -0.25) is 0 Å². The maximum Gasteiger partial charge on any atom is 0.129 e. The summed E-state index contributed by atoms with van der Waals surface area (Å²) in [4.78, 5) is 13.3. The molecule has 0 aromatic carbocycles. The Balaban J connectivity index is 1.95. The Kier molecular flexibility index (Phi) is 2.69. The topological polar surface area (TPSA) is 50.7 Å². The summed E-state index contributed by atoms with van der Waals surface area (Å²) < 4.78 is 0. The summed E-state index contributed by atoms with van der Waals surface area (Å²) in [6.45, 7) is 2.77. The molecule has 2 heterocycles. The number of rotatable bonds is 3. The summed E-state index contributed by atoms with van der Waals surface area (Å²) in [5.74, 6) is 0.839. The lowest BCUT2D eigenvalue weighted by molar-refractivity contribution is 1.09. The SMILES string of the molecule is Cc1ncc(CNc2ccncn2)s1. The number of aromatic nitrogens is 3. The van der Waals surface area contributed by atoms with E-state index >= 15 is 0 Å². The van der Waals surface area contributed by atoms with Crippen molar-refractivity contribution in [1.29, 1.82) is 0 Å². The monoisotopic (exact) mass is 206 g/mol. The van der Waals surface area contributed by atoms with Crippen molar-refractivity contribution in [2.75, 3.05) is 5.32 Å². The van der Waals surface area contributed by atoms with Crippen LogP contribution in [0.25, 0.3) is 0 Å². The molecule has 0 radical (unpaired) electrons. The van der Waals surface area contributed by atoms with Crippen LogP contribution in [0.2, 0.25) is 0 Å². The van der Waals surface area contributed by atoms with E-state index in [0.717, 1.165) is 17.4 Å². The highest BCUT2D eigenvalue weighted by atomic mass is 32.1. The van der Waals surface area contributed by atoms with E-state index in [1.807, 2.05) is 19.2 Å². The van der Waals surface area contributed by atoms with Gasteiger partial charge in [-0.25, -0.2) is 15.0 Å². The van der Waals surface area contributed by atoms with Gasteiger partial charge in [0.2, 0.25) is 0 Å². The van der Waals surface area contributed by atoms with Crippen LogP contribution in [0.1, 0.15) is 9.88 Å². The lowest BCUT2D eigenvalue weighted by atomic mass is 10.5. The molecule has 5 heteroatoms. The van der Waals surface area contributed by atoms with Crippen LogP contribution in [0.3, 0.4) is 0 Å². The Hall–Kier alpha value is -1.49. The molecule has 0 unspecified atom stereocenters. The zero-order valence-corrected chi connectivity index (χ0v) is 8.58. The first-order chi connectivity index (χ1) is 6.84. The van der Waals surface area contributed by atoms with Gasteiger partial charge in [-0.1, -0.05) is 0 Å². The third kappa shape index (κ3) is 2.26. The van der Waals surface area contributed by atoms with Crippen molar-refractivity contribution in [2.45, 2.75) is 13.5 Å². The number of anilines is 1. The Morgan fingerprint density at radius 2 is 2.36 bits per heavy atom. The van der Waals surface area contributed by atoms with Crippen LogP contribution in [0.4, 0.5) is 5.82 Å². The number of hydrogen-bond donors (Lipinski definition) is 1. The van der Waals surface area contributed by atoms with E-state index in [9.17, 15) is 0 Å². The molecule has 2 rings (SSSR count). The van der Waals surface area contributed by atoms with Crippen LogP contribution >= 0.6 is 11.3 Å². The molecule has 0 aliphatic carbocycles. The molecule has 0 saturated heterocycles. The second-order valence-corrected chi connectivity index (χ2v) is 4.11. The molecular formula is C9H10N4S.